The molecule has 0 radical (unpaired) electrons. The summed E-state index contributed by atoms with van der Waals surface area (Å²) in [6, 6.07) is 24.7. The zero-order chi connectivity index (χ0) is 18.5. The normalized spacial score (nSPS) is 10.8. The van der Waals surface area contributed by atoms with Gasteiger partial charge >= 0.3 is 0 Å². The van der Waals surface area contributed by atoms with Gasteiger partial charge in [-0.25, -0.2) is 4.98 Å². The van der Waals surface area contributed by atoms with E-state index in [0.717, 1.165) is 17.0 Å². The molecule has 0 unspecified atom stereocenters. The Morgan fingerprint density at radius 3 is 2.48 bits per heavy atom. The number of aromatic nitrogens is 2. The van der Waals surface area contributed by atoms with Crippen LogP contribution in [0.2, 0.25) is 0 Å². The Labute approximate surface area is 162 Å². The average Bonchev–Trinajstić information content (AvgIpc) is 3.17. The van der Waals surface area contributed by atoms with Gasteiger partial charge in [-0.2, -0.15) is 0 Å². The SMILES string of the molecule is Nc1ncccc1-c1cc(Cc2ccc(SCc3ccccc3)cc2)no1. The van der Waals surface area contributed by atoms with Crippen LogP contribution in [0.5, 0.6) is 0 Å². The minimum atomic E-state index is 0.444. The fourth-order valence-corrected chi connectivity index (χ4v) is 3.66. The van der Waals surface area contributed by atoms with Gasteiger partial charge in [0.15, 0.2) is 5.76 Å². The van der Waals surface area contributed by atoms with Crippen molar-refractivity contribution >= 4 is 17.6 Å². The Hall–Kier alpha value is -3.05. The van der Waals surface area contributed by atoms with Gasteiger partial charge in [0, 0.05) is 29.3 Å². The molecule has 2 N–H and O–H groups in total. The Balaban J connectivity index is 1.39. The largest absolute Gasteiger partial charge is 0.383 e. The van der Waals surface area contributed by atoms with Gasteiger partial charge in [0.1, 0.15) is 5.82 Å². The third-order valence-corrected chi connectivity index (χ3v) is 5.30. The third kappa shape index (κ3) is 4.38. The van der Waals surface area contributed by atoms with Gasteiger partial charge in [0.2, 0.25) is 0 Å². The molecule has 5 heteroatoms. The molecule has 0 saturated carbocycles. The van der Waals surface area contributed by atoms with Crippen LogP contribution in [0.3, 0.4) is 0 Å². The summed E-state index contributed by atoms with van der Waals surface area (Å²) in [5.74, 6) is 2.06. The molecule has 0 bridgehead atoms. The lowest BCUT2D eigenvalue weighted by Crippen LogP contribution is -1.91. The van der Waals surface area contributed by atoms with Crippen molar-refractivity contribution in [1.82, 2.24) is 10.1 Å². The predicted molar refractivity (Wildman–Crippen MR) is 109 cm³/mol. The number of hydrogen-bond donors (Lipinski definition) is 1. The lowest BCUT2D eigenvalue weighted by atomic mass is 10.1. The monoisotopic (exact) mass is 373 g/mol. The fourth-order valence-electron chi connectivity index (χ4n) is 2.80. The van der Waals surface area contributed by atoms with Gasteiger partial charge in [-0.15, -0.1) is 11.8 Å². The number of anilines is 1. The summed E-state index contributed by atoms with van der Waals surface area (Å²) < 4.78 is 5.44. The second-order valence-electron chi connectivity index (χ2n) is 6.21. The molecule has 0 saturated heterocycles. The smallest absolute Gasteiger partial charge is 0.170 e. The molecule has 4 rings (SSSR count). The van der Waals surface area contributed by atoms with Crippen LogP contribution < -0.4 is 5.73 Å². The first-order chi connectivity index (χ1) is 13.3. The quantitative estimate of drug-likeness (QED) is 0.471. The van der Waals surface area contributed by atoms with Gasteiger partial charge in [0.25, 0.3) is 0 Å². The molecule has 4 aromatic rings. The van der Waals surface area contributed by atoms with Crippen molar-refractivity contribution in [1.29, 1.82) is 0 Å². The van der Waals surface area contributed by atoms with E-state index in [2.05, 4.69) is 58.7 Å². The van der Waals surface area contributed by atoms with E-state index in [1.165, 1.54) is 16.0 Å². The van der Waals surface area contributed by atoms with Crippen LogP contribution in [-0.2, 0) is 12.2 Å². The number of nitrogens with two attached hydrogens (primary N) is 1. The molecule has 0 amide bonds. The molecule has 0 aliphatic heterocycles. The molecule has 0 aliphatic rings. The zero-order valence-electron chi connectivity index (χ0n) is 14.7. The van der Waals surface area contributed by atoms with Crippen LogP contribution in [0.25, 0.3) is 11.3 Å². The van der Waals surface area contributed by atoms with Crippen molar-refractivity contribution < 1.29 is 4.52 Å². The average molecular weight is 373 g/mol. The molecule has 2 aromatic carbocycles. The van der Waals surface area contributed by atoms with E-state index in [9.17, 15) is 0 Å². The highest BCUT2D eigenvalue weighted by molar-refractivity contribution is 7.98. The number of nitrogen functional groups attached to an aromatic ring is 1. The highest BCUT2D eigenvalue weighted by Gasteiger charge is 2.10. The fraction of sp³-hybridized carbons (Fsp3) is 0.0909. The third-order valence-electron chi connectivity index (χ3n) is 4.22. The Bertz CT molecular complexity index is 1010. The van der Waals surface area contributed by atoms with Crippen LogP contribution in [0.4, 0.5) is 5.82 Å². The van der Waals surface area contributed by atoms with Crippen molar-refractivity contribution in [3.8, 4) is 11.3 Å². The number of rotatable bonds is 6. The Morgan fingerprint density at radius 1 is 0.889 bits per heavy atom. The molecule has 4 nitrogen and oxygen atoms in total. The summed E-state index contributed by atoms with van der Waals surface area (Å²) in [7, 11) is 0. The molecule has 27 heavy (non-hydrogen) atoms. The van der Waals surface area contributed by atoms with Crippen LogP contribution in [0.15, 0.2) is 88.4 Å². The maximum Gasteiger partial charge on any atom is 0.170 e. The van der Waals surface area contributed by atoms with E-state index in [-0.39, 0.29) is 0 Å². The van der Waals surface area contributed by atoms with Crippen molar-refractivity contribution in [3.05, 3.63) is 95.8 Å². The minimum Gasteiger partial charge on any atom is -0.383 e. The topological polar surface area (TPSA) is 64.9 Å². The van der Waals surface area contributed by atoms with Crippen molar-refractivity contribution in [3.63, 3.8) is 0 Å². The van der Waals surface area contributed by atoms with E-state index in [0.29, 0.717) is 18.0 Å². The number of nitrogens with zero attached hydrogens (tertiary/aromatic N) is 2. The van der Waals surface area contributed by atoms with Crippen molar-refractivity contribution in [2.75, 3.05) is 5.73 Å². The van der Waals surface area contributed by atoms with E-state index in [1.54, 1.807) is 6.20 Å². The molecular weight excluding hydrogens is 354 g/mol. The van der Waals surface area contributed by atoms with Crippen molar-refractivity contribution in [2.24, 2.45) is 0 Å². The lowest BCUT2D eigenvalue weighted by molar-refractivity contribution is 0.425. The minimum absolute atomic E-state index is 0.444. The van der Waals surface area contributed by atoms with Gasteiger partial charge < -0.3 is 10.3 Å². The maximum atomic E-state index is 5.90. The first-order valence-electron chi connectivity index (χ1n) is 8.70. The van der Waals surface area contributed by atoms with Crippen LogP contribution in [0, 0.1) is 0 Å². The molecule has 0 aliphatic carbocycles. The second kappa shape index (κ2) is 8.10. The maximum absolute atomic E-state index is 5.90. The first kappa shape index (κ1) is 17.4. The van der Waals surface area contributed by atoms with Gasteiger partial charge in [-0.3, -0.25) is 0 Å². The van der Waals surface area contributed by atoms with E-state index < -0.39 is 0 Å². The zero-order valence-corrected chi connectivity index (χ0v) is 15.5. The highest BCUT2D eigenvalue weighted by atomic mass is 32.2. The molecule has 0 atom stereocenters. The van der Waals surface area contributed by atoms with Crippen LogP contribution in [0.1, 0.15) is 16.8 Å². The molecule has 2 heterocycles. The Kier molecular flexibility index (Phi) is 5.21. The van der Waals surface area contributed by atoms with E-state index in [4.69, 9.17) is 10.3 Å². The standard InChI is InChI=1S/C22H19N3OS/c23-22-20(7-4-12-24-22)21-14-18(25-26-21)13-16-8-10-19(11-9-16)27-15-17-5-2-1-3-6-17/h1-12,14H,13,15H2,(H2,23,24). The Morgan fingerprint density at radius 2 is 1.70 bits per heavy atom. The number of benzene rings is 2. The van der Waals surface area contributed by atoms with Gasteiger partial charge in [0.05, 0.1) is 11.3 Å². The summed E-state index contributed by atoms with van der Waals surface area (Å²) >= 11 is 1.84. The lowest BCUT2D eigenvalue weighted by Gasteiger charge is -2.03. The number of thioether (sulfide) groups is 1. The molecule has 0 spiro atoms. The second-order valence-corrected chi connectivity index (χ2v) is 7.26. The van der Waals surface area contributed by atoms with Crippen LogP contribution >= 0.6 is 11.8 Å². The molecule has 0 fully saturated rings. The van der Waals surface area contributed by atoms with Crippen LogP contribution in [-0.4, -0.2) is 10.1 Å². The molecular formula is C22H19N3OS. The number of hydrogen-bond acceptors (Lipinski definition) is 5. The summed E-state index contributed by atoms with van der Waals surface area (Å²) in [5, 5.41) is 4.16. The van der Waals surface area contributed by atoms with Gasteiger partial charge in [-0.1, -0.05) is 47.6 Å². The molecule has 2 aromatic heterocycles. The summed E-state index contributed by atoms with van der Waals surface area (Å²) in [6.07, 6.45) is 2.38. The highest BCUT2D eigenvalue weighted by Crippen LogP contribution is 2.26. The number of pyridine rings is 1. The predicted octanol–water partition coefficient (Wildman–Crippen LogP) is 5.20. The summed E-state index contributed by atoms with van der Waals surface area (Å²) in [4.78, 5) is 5.34. The van der Waals surface area contributed by atoms with Crippen molar-refractivity contribution in [2.45, 2.75) is 17.1 Å². The first-order valence-corrected chi connectivity index (χ1v) is 9.68. The van der Waals surface area contributed by atoms with Gasteiger partial charge in [-0.05, 0) is 35.4 Å². The molecule has 134 valence electrons. The summed E-state index contributed by atoms with van der Waals surface area (Å²) in [5.41, 5.74) is 10.1. The summed E-state index contributed by atoms with van der Waals surface area (Å²) in [6.45, 7) is 0. The van der Waals surface area contributed by atoms with E-state index in [1.807, 2.05) is 36.0 Å². The van der Waals surface area contributed by atoms with E-state index >= 15 is 0 Å².